The summed E-state index contributed by atoms with van der Waals surface area (Å²) in [6.45, 7) is 6.78. The number of hydrogen-bond acceptors (Lipinski definition) is 2. The van der Waals surface area contributed by atoms with Crippen LogP contribution in [0, 0.1) is 5.41 Å². The van der Waals surface area contributed by atoms with Gasteiger partial charge in [-0.15, -0.1) is 11.8 Å². The van der Waals surface area contributed by atoms with Gasteiger partial charge in [0.1, 0.15) is 0 Å². The summed E-state index contributed by atoms with van der Waals surface area (Å²) in [6.07, 6.45) is 2.73. The molecule has 1 aliphatic rings. The number of hydrogen-bond donors (Lipinski definition) is 1. The fraction of sp³-hybridized carbons (Fsp3) is 0.600. The predicted molar refractivity (Wildman–Crippen MR) is 81.4 cm³/mol. The van der Waals surface area contributed by atoms with Crippen molar-refractivity contribution in [1.29, 1.82) is 0 Å². The molecule has 2 heteroatoms. The van der Waals surface area contributed by atoms with Crippen LogP contribution in [0.4, 0.5) is 0 Å². The molecule has 0 saturated heterocycles. The summed E-state index contributed by atoms with van der Waals surface area (Å²) >= 11 is 6.44. The van der Waals surface area contributed by atoms with Gasteiger partial charge in [0, 0.05) is 10.6 Å². The average molecular weight is 266 g/mol. The van der Waals surface area contributed by atoms with E-state index in [4.69, 9.17) is 0 Å². The predicted octanol–water partition coefficient (Wildman–Crippen LogP) is 4.79. The summed E-state index contributed by atoms with van der Waals surface area (Å²) in [5.41, 5.74) is 2.22. The smallest absolute Gasteiger partial charge is 0.00723 e. The molecule has 0 spiro atoms. The van der Waals surface area contributed by atoms with Gasteiger partial charge in [0.05, 0.1) is 0 Å². The van der Waals surface area contributed by atoms with Gasteiger partial charge in [0.15, 0.2) is 0 Å². The maximum atomic E-state index is 4.45. The quantitative estimate of drug-likeness (QED) is 0.604. The topological polar surface area (TPSA) is 0 Å². The molecule has 0 unspecified atom stereocenters. The highest BCUT2D eigenvalue weighted by Crippen LogP contribution is 2.49. The molecular weight excluding hydrogens is 244 g/mol. The van der Waals surface area contributed by atoms with E-state index < -0.39 is 0 Å². The van der Waals surface area contributed by atoms with E-state index in [0.29, 0.717) is 5.41 Å². The molecule has 0 heterocycles. The van der Waals surface area contributed by atoms with E-state index in [1.165, 1.54) is 29.1 Å². The monoisotopic (exact) mass is 266 g/mol. The molecule has 1 aromatic rings. The minimum absolute atomic E-state index is 0.256. The van der Waals surface area contributed by atoms with Crippen LogP contribution in [0.15, 0.2) is 29.2 Å². The summed E-state index contributed by atoms with van der Waals surface area (Å²) < 4.78 is 0. The first-order chi connectivity index (χ1) is 7.95. The molecule has 2 rings (SSSR count). The van der Waals surface area contributed by atoms with Crippen LogP contribution in [-0.4, -0.2) is 11.5 Å². The number of thioether (sulfide) groups is 1. The van der Waals surface area contributed by atoms with Crippen molar-refractivity contribution in [3.05, 3.63) is 29.8 Å². The molecule has 94 valence electrons. The van der Waals surface area contributed by atoms with Crippen LogP contribution < -0.4 is 0 Å². The summed E-state index contributed by atoms with van der Waals surface area (Å²) in [5, 5.41) is 0. The molecular formula is C15H22S2. The number of thiol groups is 1. The lowest BCUT2D eigenvalue weighted by Crippen LogP contribution is -2.10. The summed E-state index contributed by atoms with van der Waals surface area (Å²) in [6, 6.07) is 9.06. The van der Waals surface area contributed by atoms with Gasteiger partial charge in [-0.25, -0.2) is 0 Å². The minimum Gasteiger partial charge on any atom is -0.179 e. The lowest BCUT2D eigenvalue weighted by atomic mass is 9.87. The Bertz CT molecular complexity index is 369. The van der Waals surface area contributed by atoms with E-state index in [1.807, 2.05) is 11.8 Å². The number of benzene rings is 1. The Morgan fingerprint density at radius 1 is 1.18 bits per heavy atom. The second-order valence-corrected chi connectivity index (χ2v) is 7.59. The Morgan fingerprint density at radius 2 is 1.76 bits per heavy atom. The second-order valence-electron chi connectivity index (χ2n) is 6.22. The van der Waals surface area contributed by atoms with E-state index in [2.05, 4.69) is 57.7 Å². The van der Waals surface area contributed by atoms with Gasteiger partial charge < -0.3 is 0 Å². The molecule has 0 amide bonds. The first-order valence-corrected chi connectivity index (χ1v) is 7.91. The lowest BCUT2D eigenvalue weighted by Gasteiger charge is -2.19. The van der Waals surface area contributed by atoms with Gasteiger partial charge >= 0.3 is 0 Å². The van der Waals surface area contributed by atoms with Gasteiger partial charge in [-0.1, -0.05) is 32.9 Å². The molecule has 0 N–H and O–H groups in total. The van der Waals surface area contributed by atoms with Crippen LogP contribution in [0.3, 0.4) is 0 Å². The van der Waals surface area contributed by atoms with Crippen molar-refractivity contribution >= 4 is 24.4 Å². The first-order valence-electron chi connectivity index (χ1n) is 6.29. The molecule has 0 aliphatic heterocycles. The summed E-state index contributed by atoms with van der Waals surface area (Å²) in [4.78, 5) is 1.39. The van der Waals surface area contributed by atoms with Gasteiger partial charge in [-0.2, -0.15) is 12.6 Å². The zero-order chi connectivity index (χ0) is 12.5. The van der Waals surface area contributed by atoms with E-state index >= 15 is 0 Å². The van der Waals surface area contributed by atoms with Crippen molar-refractivity contribution in [2.24, 2.45) is 5.41 Å². The maximum absolute atomic E-state index is 4.45. The van der Waals surface area contributed by atoms with Crippen LogP contribution in [0.25, 0.3) is 0 Å². The highest BCUT2D eigenvalue weighted by molar-refractivity contribution is 7.99. The average Bonchev–Trinajstić information content (AvgIpc) is 3.06. The van der Waals surface area contributed by atoms with Crippen LogP contribution in [0.5, 0.6) is 0 Å². The zero-order valence-corrected chi connectivity index (χ0v) is 12.7. The fourth-order valence-corrected chi connectivity index (χ4v) is 3.58. The van der Waals surface area contributed by atoms with Crippen molar-refractivity contribution in [3.8, 4) is 0 Å². The van der Waals surface area contributed by atoms with E-state index in [1.54, 1.807) is 0 Å². The van der Waals surface area contributed by atoms with E-state index in [-0.39, 0.29) is 5.41 Å². The third-order valence-electron chi connectivity index (χ3n) is 3.56. The molecule has 1 saturated carbocycles. The Labute approximate surface area is 115 Å². The molecule has 1 aliphatic carbocycles. The van der Waals surface area contributed by atoms with Crippen LogP contribution in [-0.2, 0) is 5.41 Å². The molecule has 0 bridgehead atoms. The summed E-state index contributed by atoms with van der Waals surface area (Å²) in [7, 11) is 0. The molecule has 1 aromatic carbocycles. The fourth-order valence-electron chi connectivity index (χ4n) is 1.81. The van der Waals surface area contributed by atoms with Crippen molar-refractivity contribution < 1.29 is 0 Å². The van der Waals surface area contributed by atoms with E-state index in [0.717, 1.165) is 5.75 Å². The normalized spacial score (nSPS) is 18.1. The highest BCUT2D eigenvalue weighted by Gasteiger charge is 2.40. The maximum Gasteiger partial charge on any atom is 0.00723 e. The third kappa shape index (κ3) is 3.45. The van der Waals surface area contributed by atoms with Gasteiger partial charge in [-0.3, -0.25) is 0 Å². The Hall–Kier alpha value is -0.0800. The molecule has 17 heavy (non-hydrogen) atoms. The van der Waals surface area contributed by atoms with Crippen molar-refractivity contribution in [3.63, 3.8) is 0 Å². The molecule has 0 nitrogen and oxygen atoms in total. The Morgan fingerprint density at radius 3 is 2.18 bits per heavy atom. The Kier molecular flexibility index (Phi) is 3.84. The second kappa shape index (κ2) is 4.89. The SMILES string of the molecule is CC(C)(C)c1ccc(SCC2(CS)CC2)cc1. The van der Waals surface area contributed by atoms with Gasteiger partial charge in [0.2, 0.25) is 0 Å². The van der Waals surface area contributed by atoms with Crippen LogP contribution in [0.1, 0.15) is 39.2 Å². The first kappa shape index (κ1) is 13.4. The minimum atomic E-state index is 0.256. The van der Waals surface area contributed by atoms with Crippen molar-refractivity contribution in [2.45, 2.75) is 43.9 Å². The third-order valence-corrected chi connectivity index (χ3v) is 5.59. The molecule has 0 aromatic heterocycles. The van der Waals surface area contributed by atoms with Crippen LogP contribution >= 0.6 is 24.4 Å². The van der Waals surface area contributed by atoms with Crippen molar-refractivity contribution in [2.75, 3.05) is 11.5 Å². The largest absolute Gasteiger partial charge is 0.179 e. The summed E-state index contributed by atoms with van der Waals surface area (Å²) in [5.74, 6) is 2.27. The molecule has 0 atom stereocenters. The Balaban J connectivity index is 1.94. The van der Waals surface area contributed by atoms with Crippen LogP contribution in [0.2, 0.25) is 0 Å². The highest BCUT2D eigenvalue weighted by atomic mass is 32.2. The lowest BCUT2D eigenvalue weighted by molar-refractivity contribution is 0.589. The zero-order valence-electron chi connectivity index (χ0n) is 11.0. The number of rotatable bonds is 4. The van der Waals surface area contributed by atoms with Gasteiger partial charge in [0.25, 0.3) is 0 Å². The molecule has 0 radical (unpaired) electrons. The molecule has 1 fully saturated rings. The van der Waals surface area contributed by atoms with Crippen molar-refractivity contribution in [1.82, 2.24) is 0 Å². The van der Waals surface area contributed by atoms with Gasteiger partial charge in [-0.05, 0) is 47.1 Å². The van der Waals surface area contributed by atoms with E-state index in [9.17, 15) is 0 Å². The standard InChI is InChI=1S/C15H22S2/c1-14(2,3)12-4-6-13(7-5-12)17-11-15(10-16)8-9-15/h4-7,16H,8-11H2,1-3H3.